The van der Waals surface area contributed by atoms with Gasteiger partial charge in [-0.15, -0.1) is 5.10 Å². The summed E-state index contributed by atoms with van der Waals surface area (Å²) < 4.78 is 27.8. The lowest BCUT2D eigenvalue weighted by atomic mass is 9.91. The molecule has 188 valence electrons. The normalized spacial score (nSPS) is 18.4. The lowest BCUT2D eigenvalue weighted by Crippen LogP contribution is -2.54. The van der Waals surface area contributed by atoms with Crippen LogP contribution in [0.15, 0.2) is 30.5 Å². The maximum absolute atomic E-state index is 13.4. The lowest BCUT2D eigenvalue weighted by Gasteiger charge is -2.42. The highest BCUT2D eigenvalue weighted by molar-refractivity contribution is 5.91. The average molecular weight is 497 g/mol. The molecule has 10 nitrogen and oxygen atoms in total. The van der Waals surface area contributed by atoms with E-state index in [0.717, 1.165) is 33.5 Å². The number of piperidine rings is 1. The van der Waals surface area contributed by atoms with Crippen LogP contribution in [-0.2, 0) is 0 Å². The minimum absolute atomic E-state index is 0.0154. The summed E-state index contributed by atoms with van der Waals surface area (Å²) in [6, 6.07) is 6.91. The number of halogens is 2. The first-order chi connectivity index (χ1) is 17.1. The molecule has 4 aromatic heterocycles. The number of hydrogen-bond acceptors (Lipinski definition) is 8. The first-order valence-corrected chi connectivity index (χ1v) is 11.6. The van der Waals surface area contributed by atoms with Crippen LogP contribution in [0.1, 0.15) is 47.0 Å². The highest BCUT2D eigenvalue weighted by Crippen LogP contribution is 2.31. The Morgan fingerprint density at radius 2 is 2.00 bits per heavy atom. The predicted molar refractivity (Wildman–Crippen MR) is 128 cm³/mol. The molecule has 0 aliphatic carbocycles. The van der Waals surface area contributed by atoms with Crippen molar-refractivity contribution in [1.29, 1.82) is 0 Å². The Kier molecular flexibility index (Phi) is 5.99. The van der Waals surface area contributed by atoms with Crippen molar-refractivity contribution in [3.8, 4) is 0 Å². The fourth-order valence-electron chi connectivity index (χ4n) is 4.76. The second-order valence-corrected chi connectivity index (χ2v) is 9.33. The largest absolute Gasteiger partial charge is 0.386 e. The average Bonchev–Trinajstić information content (AvgIpc) is 3.26. The molecular formula is C24H26F2N8O2. The first-order valence-electron chi connectivity index (χ1n) is 11.6. The SMILES string of the molecule is Cc1ccc2nccc(N3CCCC(O)(CN(C)C(=O)c4nc5nc(C)cc(C(F)F)n5n4)C3)c2n1. The number of β-amino-alcohol motifs (C(OH)–C–C–N with tert-alkyl or cyclic N) is 1. The van der Waals surface area contributed by atoms with Crippen LogP contribution in [0, 0.1) is 13.8 Å². The van der Waals surface area contributed by atoms with Gasteiger partial charge in [0, 0.05) is 37.7 Å². The second-order valence-electron chi connectivity index (χ2n) is 9.33. The summed E-state index contributed by atoms with van der Waals surface area (Å²) in [6.07, 6.45) is 0.122. The van der Waals surface area contributed by atoms with Gasteiger partial charge in [-0.1, -0.05) is 0 Å². The summed E-state index contributed by atoms with van der Waals surface area (Å²) in [5, 5.41) is 15.4. The number of likely N-dealkylation sites (N-methyl/N-ethyl adjacent to an activating group) is 1. The fourth-order valence-corrected chi connectivity index (χ4v) is 4.76. The van der Waals surface area contributed by atoms with Crippen molar-refractivity contribution in [2.45, 2.75) is 38.7 Å². The molecule has 0 spiro atoms. The zero-order valence-electron chi connectivity index (χ0n) is 20.2. The zero-order valence-corrected chi connectivity index (χ0v) is 20.2. The first kappa shape index (κ1) is 23.9. The van der Waals surface area contributed by atoms with E-state index < -0.39 is 17.9 Å². The number of nitrogens with zero attached hydrogens (tertiary/aromatic N) is 8. The van der Waals surface area contributed by atoms with Gasteiger partial charge in [-0.25, -0.2) is 18.7 Å². The van der Waals surface area contributed by atoms with E-state index >= 15 is 0 Å². The third-order valence-electron chi connectivity index (χ3n) is 6.36. The maximum Gasteiger partial charge on any atom is 0.293 e. The molecule has 12 heteroatoms. The molecule has 1 fully saturated rings. The molecule has 1 aliphatic heterocycles. The Labute approximate surface area is 205 Å². The van der Waals surface area contributed by atoms with Gasteiger partial charge in [-0.05, 0) is 51.0 Å². The van der Waals surface area contributed by atoms with Gasteiger partial charge in [0.2, 0.25) is 5.82 Å². The standard InChI is InChI=1S/C24H26F2N8O2/c1-14-5-6-16-19(28-14)17(7-9-27-16)33-10-4-8-24(36,13-33)12-32(3)22(35)21-30-23-29-15(2)11-18(20(25)26)34(23)31-21/h5-7,9,11,20,36H,4,8,10,12-13H2,1-3H3. The molecule has 0 saturated carbocycles. The Bertz CT molecular complexity index is 1460. The number of pyridine rings is 2. The van der Waals surface area contributed by atoms with Crippen molar-refractivity contribution < 1.29 is 18.7 Å². The van der Waals surface area contributed by atoms with Gasteiger partial charge in [0.1, 0.15) is 11.2 Å². The number of fused-ring (bicyclic) bond motifs is 2. The van der Waals surface area contributed by atoms with Crippen LogP contribution in [-0.4, -0.2) is 77.7 Å². The molecule has 1 aliphatic rings. The van der Waals surface area contributed by atoms with Crippen molar-refractivity contribution in [3.05, 3.63) is 53.4 Å². The number of anilines is 1. The maximum atomic E-state index is 13.4. The van der Waals surface area contributed by atoms with Gasteiger partial charge in [0.15, 0.2) is 0 Å². The van der Waals surface area contributed by atoms with Crippen LogP contribution in [0.4, 0.5) is 14.5 Å². The number of carbonyl (C=O) groups excluding carboxylic acids is 1. The Morgan fingerprint density at radius 3 is 2.78 bits per heavy atom. The molecule has 5 heterocycles. The van der Waals surface area contributed by atoms with Crippen molar-refractivity contribution in [2.75, 3.05) is 31.6 Å². The van der Waals surface area contributed by atoms with Crippen LogP contribution >= 0.6 is 0 Å². The van der Waals surface area contributed by atoms with Gasteiger partial charge < -0.3 is 14.9 Å². The summed E-state index contributed by atoms with van der Waals surface area (Å²) in [4.78, 5) is 33.7. The molecule has 0 bridgehead atoms. The van der Waals surface area contributed by atoms with Gasteiger partial charge >= 0.3 is 0 Å². The molecule has 1 amide bonds. The molecule has 5 rings (SSSR count). The van der Waals surface area contributed by atoms with E-state index in [1.165, 1.54) is 18.0 Å². The Balaban J connectivity index is 1.37. The van der Waals surface area contributed by atoms with Gasteiger partial charge in [0.05, 0.1) is 23.3 Å². The van der Waals surface area contributed by atoms with E-state index in [2.05, 4.69) is 29.9 Å². The highest BCUT2D eigenvalue weighted by Gasteiger charge is 2.37. The fraction of sp³-hybridized carbons (Fsp3) is 0.417. The van der Waals surface area contributed by atoms with Crippen molar-refractivity contribution in [3.63, 3.8) is 0 Å². The van der Waals surface area contributed by atoms with Crippen LogP contribution in [0.3, 0.4) is 0 Å². The summed E-state index contributed by atoms with van der Waals surface area (Å²) in [5.41, 5.74) is 2.03. The lowest BCUT2D eigenvalue weighted by molar-refractivity contribution is -0.000235. The van der Waals surface area contributed by atoms with Crippen LogP contribution in [0.5, 0.6) is 0 Å². The van der Waals surface area contributed by atoms with E-state index in [0.29, 0.717) is 18.5 Å². The Hall–Kier alpha value is -3.80. The molecule has 1 atom stereocenters. The minimum atomic E-state index is -2.80. The highest BCUT2D eigenvalue weighted by atomic mass is 19.3. The van der Waals surface area contributed by atoms with E-state index in [1.807, 2.05) is 25.1 Å². The molecule has 1 saturated heterocycles. The van der Waals surface area contributed by atoms with Crippen LogP contribution in [0.2, 0.25) is 0 Å². The molecule has 0 radical (unpaired) electrons. The quantitative estimate of drug-likeness (QED) is 0.449. The number of carbonyl (C=O) groups is 1. The predicted octanol–water partition coefficient (Wildman–Crippen LogP) is 2.73. The molecule has 1 N–H and O–H groups in total. The number of hydrogen-bond donors (Lipinski definition) is 1. The van der Waals surface area contributed by atoms with Crippen molar-refractivity contribution in [1.82, 2.24) is 34.4 Å². The van der Waals surface area contributed by atoms with Crippen LogP contribution in [0.25, 0.3) is 16.8 Å². The van der Waals surface area contributed by atoms with E-state index in [9.17, 15) is 18.7 Å². The monoisotopic (exact) mass is 496 g/mol. The molecule has 4 aromatic rings. The number of aliphatic hydroxyl groups is 1. The zero-order chi connectivity index (χ0) is 25.6. The number of aryl methyl sites for hydroxylation is 2. The van der Waals surface area contributed by atoms with E-state index in [1.54, 1.807) is 13.1 Å². The summed E-state index contributed by atoms with van der Waals surface area (Å²) in [7, 11) is 1.53. The molecular weight excluding hydrogens is 470 g/mol. The van der Waals surface area contributed by atoms with Gasteiger partial charge in [0.25, 0.3) is 18.1 Å². The second kappa shape index (κ2) is 9.01. The van der Waals surface area contributed by atoms with Crippen molar-refractivity contribution >= 4 is 28.4 Å². The van der Waals surface area contributed by atoms with Crippen molar-refractivity contribution in [2.24, 2.45) is 0 Å². The third-order valence-corrected chi connectivity index (χ3v) is 6.36. The van der Waals surface area contributed by atoms with E-state index in [-0.39, 0.29) is 30.4 Å². The Morgan fingerprint density at radius 1 is 1.19 bits per heavy atom. The number of rotatable bonds is 5. The topological polar surface area (TPSA) is 113 Å². The number of aromatic nitrogens is 6. The summed E-state index contributed by atoms with van der Waals surface area (Å²) in [6.45, 7) is 4.51. The number of amides is 1. The van der Waals surface area contributed by atoms with Crippen LogP contribution < -0.4 is 4.90 Å². The smallest absolute Gasteiger partial charge is 0.293 e. The summed E-state index contributed by atoms with van der Waals surface area (Å²) >= 11 is 0. The molecule has 1 unspecified atom stereocenters. The van der Waals surface area contributed by atoms with E-state index in [4.69, 9.17) is 0 Å². The van der Waals surface area contributed by atoms with Gasteiger partial charge in [-0.3, -0.25) is 9.78 Å². The third kappa shape index (κ3) is 4.43. The van der Waals surface area contributed by atoms with Gasteiger partial charge in [-0.2, -0.15) is 9.50 Å². The molecule has 36 heavy (non-hydrogen) atoms. The minimum Gasteiger partial charge on any atom is -0.386 e. The summed E-state index contributed by atoms with van der Waals surface area (Å²) in [5.74, 6) is -0.916. The molecule has 0 aromatic carbocycles. The number of alkyl halides is 2.